The third-order valence-corrected chi connectivity index (χ3v) is 5.40. The van der Waals surface area contributed by atoms with Gasteiger partial charge in [-0.25, -0.2) is 4.79 Å². The Morgan fingerprint density at radius 1 is 1.23 bits per heavy atom. The molecule has 4 rings (SSSR count). The Hall–Kier alpha value is -3.26. The number of ether oxygens (including phenoxy) is 1. The van der Waals surface area contributed by atoms with E-state index >= 15 is 0 Å². The summed E-state index contributed by atoms with van der Waals surface area (Å²) in [5.41, 5.74) is 1.55. The van der Waals surface area contributed by atoms with Gasteiger partial charge in [-0.2, -0.15) is 4.98 Å². The number of nitrogens with zero attached hydrogens (tertiary/aromatic N) is 3. The molecule has 0 bridgehead atoms. The summed E-state index contributed by atoms with van der Waals surface area (Å²) in [6.45, 7) is 1.39. The maximum atomic E-state index is 12.6. The average Bonchev–Trinajstić information content (AvgIpc) is 3.31. The van der Waals surface area contributed by atoms with Crippen LogP contribution in [0.1, 0.15) is 18.0 Å². The first kappa shape index (κ1) is 20.0. The van der Waals surface area contributed by atoms with Crippen LogP contribution < -0.4 is 20.3 Å². The van der Waals surface area contributed by atoms with Crippen molar-refractivity contribution in [3.05, 3.63) is 66.0 Å². The normalized spacial score (nSPS) is 18.7. The molecule has 156 valence electrons. The lowest BCUT2D eigenvalue weighted by atomic mass is 9.89. The highest BCUT2D eigenvalue weighted by atomic mass is 35.5. The summed E-state index contributed by atoms with van der Waals surface area (Å²) in [5.74, 6) is 1.43. The quantitative estimate of drug-likeness (QED) is 0.641. The molecular weight excluding hydrogens is 406 g/mol. The minimum absolute atomic E-state index is 0.0303. The zero-order valence-corrected chi connectivity index (χ0v) is 17.2. The number of aromatic nitrogens is 2. The second kappa shape index (κ2) is 9.04. The predicted molar refractivity (Wildman–Crippen MR) is 114 cm³/mol. The van der Waals surface area contributed by atoms with Gasteiger partial charge in [0.2, 0.25) is 0 Å². The molecule has 30 heavy (non-hydrogen) atoms. The predicted octanol–water partition coefficient (Wildman–Crippen LogP) is 3.92. The van der Waals surface area contributed by atoms with Gasteiger partial charge in [0.05, 0.1) is 13.3 Å². The summed E-state index contributed by atoms with van der Waals surface area (Å²) in [6.07, 6.45) is 5.47. The van der Waals surface area contributed by atoms with Crippen molar-refractivity contribution in [1.29, 1.82) is 0 Å². The van der Waals surface area contributed by atoms with Crippen molar-refractivity contribution in [3.63, 3.8) is 0 Å². The number of hydrogen-bond acceptors (Lipinski definition) is 6. The molecule has 1 saturated heterocycles. The summed E-state index contributed by atoms with van der Waals surface area (Å²) in [5, 5.41) is 6.57. The first-order valence-corrected chi connectivity index (χ1v) is 9.96. The van der Waals surface area contributed by atoms with Crippen LogP contribution in [-0.2, 0) is 0 Å². The molecule has 2 unspecified atom stereocenters. The SMILES string of the molecule is COc1ccc(C2CN(c3cocn3)CCC2NC(=O)Nc2ccc(Cl)cc2)nc1. The first-order chi connectivity index (χ1) is 14.6. The molecule has 2 amide bonds. The van der Waals surface area contributed by atoms with Crippen molar-refractivity contribution in [1.82, 2.24) is 15.3 Å². The van der Waals surface area contributed by atoms with Crippen LogP contribution >= 0.6 is 11.6 Å². The highest BCUT2D eigenvalue weighted by molar-refractivity contribution is 6.30. The Balaban J connectivity index is 1.50. The maximum Gasteiger partial charge on any atom is 0.319 e. The van der Waals surface area contributed by atoms with Gasteiger partial charge >= 0.3 is 6.03 Å². The number of rotatable bonds is 5. The lowest BCUT2D eigenvalue weighted by Crippen LogP contribution is -2.51. The third kappa shape index (κ3) is 4.65. The molecule has 9 heteroatoms. The second-order valence-corrected chi connectivity index (χ2v) is 7.46. The van der Waals surface area contributed by atoms with E-state index in [0.29, 0.717) is 23.0 Å². The minimum Gasteiger partial charge on any atom is -0.495 e. The van der Waals surface area contributed by atoms with Crippen LogP contribution in [0.4, 0.5) is 16.3 Å². The van der Waals surface area contributed by atoms with E-state index < -0.39 is 0 Å². The van der Waals surface area contributed by atoms with Gasteiger partial charge in [0.15, 0.2) is 12.2 Å². The lowest BCUT2D eigenvalue weighted by molar-refractivity contribution is 0.243. The van der Waals surface area contributed by atoms with E-state index in [1.165, 1.54) is 6.39 Å². The zero-order valence-electron chi connectivity index (χ0n) is 16.4. The number of hydrogen-bond donors (Lipinski definition) is 2. The number of oxazole rings is 1. The lowest BCUT2D eigenvalue weighted by Gasteiger charge is -2.38. The standard InChI is InChI=1S/C21H22ClN5O3/c1-29-16-6-7-18(23-10-16)17-11-27(20-12-30-13-24-20)9-8-19(17)26-21(28)25-15-4-2-14(22)3-5-15/h2-7,10,12-13,17,19H,8-9,11H2,1H3,(H2,25,26,28). The van der Waals surface area contributed by atoms with E-state index in [1.807, 2.05) is 12.1 Å². The van der Waals surface area contributed by atoms with E-state index in [1.54, 1.807) is 43.8 Å². The fraction of sp³-hybridized carbons (Fsp3) is 0.286. The second-order valence-electron chi connectivity index (χ2n) is 7.02. The largest absolute Gasteiger partial charge is 0.495 e. The van der Waals surface area contributed by atoms with Crippen LogP contribution in [0.3, 0.4) is 0 Å². The summed E-state index contributed by atoms with van der Waals surface area (Å²) in [4.78, 5) is 23.6. The van der Waals surface area contributed by atoms with Crippen LogP contribution in [0.15, 0.2) is 59.7 Å². The molecule has 1 aliphatic rings. The Kier molecular flexibility index (Phi) is 6.04. The van der Waals surface area contributed by atoms with Gasteiger partial charge in [-0.15, -0.1) is 0 Å². The molecule has 1 fully saturated rings. The zero-order chi connectivity index (χ0) is 20.9. The van der Waals surface area contributed by atoms with Crippen LogP contribution in [0.5, 0.6) is 5.75 Å². The molecule has 1 aromatic carbocycles. The van der Waals surface area contributed by atoms with Gasteiger partial charge in [-0.1, -0.05) is 11.6 Å². The molecule has 2 N–H and O–H groups in total. The minimum atomic E-state index is -0.268. The molecule has 0 saturated carbocycles. The third-order valence-electron chi connectivity index (χ3n) is 5.15. The first-order valence-electron chi connectivity index (χ1n) is 9.58. The van der Waals surface area contributed by atoms with Crippen LogP contribution in [0.2, 0.25) is 5.02 Å². The molecule has 8 nitrogen and oxygen atoms in total. The summed E-state index contributed by atoms with van der Waals surface area (Å²) in [7, 11) is 1.61. The number of amides is 2. The topological polar surface area (TPSA) is 92.5 Å². The Morgan fingerprint density at radius 3 is 2.73 bits per heavy atom. The van der Waals surface area contributed by atoms with Gasteiger partial charge in [0, 0.05) is 41.5 Å². The molecule has 0 aliphatic carbocycles. The van der Waals surface area contributed by atoms with Gasteiger partial charge in [-0.3, -0.25) is 4.98 Å². The molecular formula is C21H22ClN5O3. The number of nitrogens with one attached hydrogen (secondary N) is 2. The summed E-state index contributed by atoms with van der Waals surface area (Å²) >= 11 is 5.91. The van der Waals surface area contributed by atoms with Crippen molar-refractivity contribution in [2.45, 2.75) is 18.4 Å². The van der Waals surface area contributed by atoms with E-state index in [2.05, 4.69) is 25.5 Å². The maximum absolute atomic E-state index is 12.6. The van der Waals surface area contributed by atoms with Crippen molar-refractivity contribution >= 4 is 29.1 Å². The number of anilines is 2. The molecule has 0 spiro atoms. The van der Waals surface area contributed by atoms with Gasteiger partial charge in [0.1, 0.15) is 12.0 Å². The van der Waals surface area contributed by atoms with Crippen LogP contribution in [-0.4, -0.2) is 42.2 Å². The van der Waals surface area contributed by atoms with Gasteiger partial charge in [-0.05, 0) is 42.8 Å². The molecule has 2 atom stereocenters. The van der Waals surface area contributed by atoms with Crippen molar-refractivity contribution in [3.8, 4) is 5.75 Å². The van der Waals surface area contributed by atoms with Gasteiger partial charge < -0.3 is 24.7 Å². The summed E-state index contributed by atoms with van der Waals surface area (Å²) in [6, 6.07) is 10.4. The van der Waals surface area contributed by atoms with E-state index in [0.717, 1.165) is 24.5 Å². The highest BCUT2D eigenvalue weighted by Gasteiger charge is 2.33. The van der Waals surface area contributed by atoms with E-state index in [4.69, 9.17) is 20.8 Å². The number of carbonyl (C=O) groups is 1. The van der Waals surface area contributed by atoms with Crippen molar-refractivity contribution < 1.29 is 13.9 Å². The number of urea groups is 1. The van der Waals surface area contributed by atoms with Crippen LogP contribution in [0.25, 0.3) is 0 Å². The fourth-order valence-electron chi connectivity index (χ4n) is 3.60. The van der Waals surface area contributed by atoms with E-state index in [-0.39, 0.29) is 18.0 Å². The highest BCUT2D eigenvalue weighted by Crippen LogP contribution is 2.29. The monoisotopic (exact) mass is 427 g/mol. The van der Waals surface area contributed by atoms with E-state index in [9.17, 15) is 4.79 Å². The Morgan fingerprint density at radius 2 is 2.07 bits per heavy atom. The number of piperidine rings is 1. The number of methoxy groups -OCH3 is 1. The average molecular weight is 428 g/mol. The smallest absolute Gasteiger partial charge is 0.319 e. The fourth-order valence-corrected chi connectivity index (χ4v) is 3.72. The summed E-state index contributed by atoms with van der Waals surface area (Å²) < 4.78 is 10.3. The molecule has 1 aliphatic heterocycles. The van der Waals surface area contributed by atoms with Crippen LogP contribution in [0, 0.1) is 0 Å². The Labute approximate surface area is 179 Å². The molecule has 3 aromatic rings. The number of halogens is 1. The molecule has 3 heterocycles. The molecule has 0 radical (unpaired) electrons. The number of carbonyl (C=O) groups excluding carboxylic acids is 1. The van der Waals surface area contributed by atoms with Crippen molar-refractivity contribution in [2.24, 2.45) is 0 Å². The Bertz CT molecular complexity index is 963. The van der Waals surface area contributed by atoms with Gasteiger partial charge in [0.25, 0.3) is 0 Å². The number of pyridine rings is 1. The number of benzene rings is 1. The van der Waals surface area contributed by atoms with Crippen molar-refractivity contribution in [2.75, 3.05) is 30.4 Å². The molecule has 2 aromatic heterocycles.